The van der Waals surface area contributed by atoms with Crippen LogP contribution in [0, 0.1) is 10.1 Å². The predicted octanol–water partition coefficient (Wildman–Crippen LogP) is 1.66. The minimum absolute atomic E-state index is 0.00609. The van der Waals surface area contributed by atoms with Gasteiger partial charge in [-0.1, -0.05) is 6.07 Å². The fourth-order valence-electron chi connectivity index (χ4n) is 1.17. The molecule has 1 aromatic carbocycles. The van der Waals surface area contributed by atoms with Gasteiger partial charge in [0.25, 0.3) is 5.69 Å². The normalized spacial score (nSPS) is 11.8. The Balaban J connectivity index is 2.81. The summed E-state index contributed by atoms with van der Waals surface area (Å²) in [5, 5.41) is 9.86. The Morgan fingerprint density at radius 2 is 2.12 bits per heavy atom. The first kappa shape index (κ1) is 10.8. The quantitative estimate of drug-likeness (QED) is 0.463. The number of para-hydroxylation sites is 1. The predicted molar refractivity (Wildman–Crippen MR) is 53.7 cm³/mol. The van der Waals surface area contributed by atoms with E-state index in [1.54, 1.807) is 0 Å². The fraction of sp³-hybridized carbons (Fsp3) is 0. The van der Waals surface area contributed by atoms with Gasteiger partial charge in [-0.2, -0.15) is 4.98 Å². The highest BCUT2D eigenvalue weighted by Gasteiger charge is 2.23. The molecule has 0 saturated carbocycles. The Bertz CT molecular complexity index is 677. The first-order valence-electron chi connectivity index (χ1n) is 3.88. The van der Waals surface area contributed by atoms with Gasteiger partial charge in [0.1, 0.15) is 0 Å². The number of nitrogens with zero attached hydrogens (tertiary/aromatic N) is 2. The van der Waals surface area contributed by atoms with E-state index < -0.39 is 19.2 Å². The third-order valence-corrected chi connectivity index (χ3v) is 2.77. The molecule has 0 saturated heterocycles. The topological polar surface area (TPSA) is 103 Å². The molecule has 0 atom stereocenters. The van der Waals surface area contributed by atoms with Gasteiger partial charge in [-0.3, -0.25) is 10.1 Å². The maximum absolute atomic E-state index is 10.9. The van der Waals surface area contributed by atoms with Crippen molar-refractivity contribution in [1.29, 1.82) is 0 Å². The highest BCUT2D eigenvalue weighted by atomic mass is 35.7. The Hall–Kier alpha value is -1.67. The number of oxazole rings is 1. The summed E-state index contributed by atoms with van der Waals surface area (Å²) < 4.78 is 26.6. The van der Waals surface area contributed by atoms with Crippen LogP contribution in [0.25, 0.3) is 11.1 Å². The van der Waals surface area contributed by atoms with Gasteiger partial charge in [-0.05, 0) is 6.07 Å². The first-order chi connectivity index (χ1) is 7.39. The van der Waals surface area contributed by atoms with Crippen LogP contribution >= 0.6 is 10.7 Å². The van der Waals surface area contributed by atoms with E-state index in [9.17, 15) is 18.5 Å². The molecule has 0 N–H and O–H groups in total. The summed E-state index contributed by atoms with van der Waals surface area (Å²) >= 11 is 0. The third kappa shape index (κ3) is 1.72. The molecule has 7 nitrogen and oxygen atoms in total. The van der Waals surface area contributed by atoms with Gasteiger partial charge in [0.15, 0.2) is 11.1 Å². The molecule has 0 aliphatic carbocycles. The molecule has 2 aromatic rings. The van der Waals surface area contributed by atoms with Gasteiger partial charge in [-0.15, -0.1) is 0 Å². The van der Waals surface area contributed by atoms with Crippen LogP contribution in [0.2, 0.25) is 0 Å². The number of benzene rings is 1. The summed E-state index contributed by atoms with van der Waals surface area (Å²) in [4.78, 5) is 13.4. The molecule has 1 heterocycles. The Morgan fingerprint density at radius 1 is 1.44 bits per heavy atom. The monoisotopic (exact) mass is 262 g/mol. The first-order valence-corrected chi connectivity index (χ1v) is 6.19. The van der Waals surface area contributed by atoms with Crippen LogP contribution in [0.5, 0.6) is 0 Å². The second-order valence-electron chi connectivity index (χ2n) is 2.80. The zero-order valence-corrected chi connectivity index (χ0v) is 9.03. The van der Waals surface area contributed by atoms with Crippen molar-refractivity contribution in [2.45, 2.75) is 5.22 Å². The average molecular weight is 263 g/mol. The Labute approximate surface area is 93.2 Å². The number of nitro benzene ring substituents is 1. The Morgan fingerprint density at radius 3 is 2.69 bits per heavy atom. The molecule has 0 aliphatic rings. The van der Waals surface area contributed by atoms with E-state index >= 15 is 0 Å². The lowest BCUT2D eigenvalue weighted by Crippen LogP contribution is -1.91. The molecular formula is C7H3ClN2O5S. The molecule has 16 heavy (non-hydrogen) atoms. The van der Waals surface area contributed by atoms with Crippen LogP contribution in [0.4, 0.5) is 5.69 Å². The number of nitro groups is 1. The fourth-order valence-corrected chi connectivity index (χ4v) is 1.75. The van der Waals surface area contributed by atoms with Gasteiger partial charge in [0, 0.05) is 16.7 Å². The number of non-ortho nitro benzene ring substituents is 1. The van der Waals surface area contributed by atoms with Crippen molar-refractivity contribution in [2.24, 2.45) is 0 Å². The average Bonchev–Trinajstić information content (AvgIpc) is 2.59. The van der Waals surface area contributed by atoms with Gasteiger partial charge in [-0.25, -0.2) is 8.42 Å². The van der Waals surface area contributed by atoms with E-state index in [1.165, 1.54) is 18.2 Å². The van der Waals surface area contributed by atoms with E-state index in [-0.39, 0.29) is 16.8 Å². The smallest absolute Gasteiger partial charge is 0.332 e. The van der Waals surface area contributed by atoms with E-state index in [2.05, 4.69) is 4.98 Å². The van der Waals surface area contributed by atoms with Crippen molar-refractivity contribution >= 4 is 36.5 Å². The van der Waals surface area contributed by atoms with Crippen LogP contribution in [-0.4, -0.2) is 18.3 Å². The molecular weight excluding hydrogens is 260 g/mol. The van der Waals surface area contributed by atoms with Crippen molar-refractivity contribution in [3.63, 3.8) is 0 Å². The lowest BCUT2D eigenvalue weighted by molar-refractivity contribution is -0.383. The summed E-state index contributed by atoms with van der Waals surface area (Å²) in [6, 6.07) is 3.91. The number of hydrogen-bond acceptors (Lipinski definition) is 6. The van der Waals surface area contributed by atoms with Gasteiger partial charge >= 0.3 is 14.3 Å². The maximum atomic E-state index is 10.9. The second-order valence-corrected chi connectivity index (χ2v) is 5.24. The molecule has 2 rings (SSSR count). The van der Waals surface area contributed by atoms with Crippen LogP contribution in [0.3, 0.4) is 0 Å². The summed E-state index contributed by atoms with van der Waals surface area (Å²) in [5.74, 6) is 0. The summed E-state index contributed by atoms with van der Waals surface area (Å²) in [5.41, 5.74) is -0.493. The van der Waals surface area contributed by atoms with Crippen LogP contribution in [0.1, 0.15) is 0 Å². The lowest BCUT2D eigenvalue weighted by atomic mass is 10.3. The molecule has 9 heteroatoms. The van der Waals surface area contributed by atoms with Crippen LogP contribution in [-0.2, 0) is 9.05 Å². The number of rotatable bonds is 2. The Kier molecular flexibility index (Phi) is 2.32. The van der Waals surface area contributed by atoms with Crippen molar-refractivity contribution in [3.05, 3.63) is 28.3 Å². The molecule has 0 unspecified atom stereocenters. The van der Waals surface area contributed by atoms with Gasteiger partial charge in [0.2, 0.25) is 0 Å². The van der Waals surface area contributed by atoms with Gasteiger partial charge < -0.3 is 4.42 Å². The second kappa shape index (κ2) is 3.42. The van der Waals surface area contributed by atoms with Crippen molar-refractivity contribution in [3.8, 4) is 0 Å². The highest BCUT2D eigenvalue weighted by Crippen LogP contribution is 2.27. The number of halogens is 1. The molecule has 1 aromatic heterocycles. The van der Waals surface area contributed by atoms with E-state index in [1.807, 2.05) is 0 Å². The molecule has 0 bridgehead atoms. The lowest BCUT2D eigenvalue weighted by Gasteiger charge is -1.88. The molecule has 84 valence electrons. The van der Waals surface area contributed by atoms with Crippen molar-refractivity contribution in [2.75, 3.05) is 0 Å². The minimum atomic E-state index is -4.14. The summed E-state index contributed by atoms with van der Waals surface area (Å²) in [7, 11) is 0.873. The van der Waals surface area contributed by atoms with Crippen molar-refractivity contribution < 1.29 is 17.8 Å². The molecule has 0 spiro atoms. The van der Waals surface area contributed by atoms with Crippen molar-refractivity contribution in [1.82, 2.24) is 4.98 Å². The third-order valence-electron chi connectivity index (χ3n) is 1.78. The molecule has 0 amide bonds. The standard InChI is InChI=1S/C7H3ClN2O5S/c8-16(13,14)7-9-6-4(10(11)12)2-1-3-5(6)15-7/h1-3H. The maximum Gasteiger partial charge on any atom is 0.332 e. The molecule has 0 fully saturated rings. The van der Waals surface area contributed by atoms with E-state index in [4.69, 9.17) is 15.1 Å². The largest absolute Gasteiger partial charge is 0.427 e. The van der Waals surface area contributed by atoms with Crippen LogP contribution < -0.4 is 0 Å². The molecule has 0 aliphatic heterocycles. The number of hydrogen-bond donors (Lipinski definition) is 0. The SMILES string of the molecule is O=[N+]([O-])c1cccc2oc(S(=O)(=O)Cl)nc12. The zero-order chi connectivity index (χ0) is 11.9. The van der Waals surface area contributed by atoms with E-state index in [0.717, 1.165) is 0 Å². The molecule has 0 radical (unpaired) electrons. The van der Waals surface area contributed by atoms with E-state index in [0.29, 0.717) is 0 Å². The summed E-state index contributed by atoms with van der Waals surface area (Å²) in [6.45, 7) is 0. The summed E-state index contributed by atoms with van der Waals surface area (Å²) in [6.07, 6.45) is 0. The zero-order valence-electron chi connectivity index (χ0n) is 7.45. The number of aromatic nitrogens is 1. The minimum Gasteiger partial charge on any atom is -0.427 e. The van der Waals surface area contributed by atoms with Gasteiger partial charge in [0.05, 0.1) is 4.92 Å². The number of fused-ring (bicyclic) bond motifs is 1. The highest BCUT2D eigenvalue weighted by molar-refractivity contribution is 8.13. The van der Waals surface area contributed by atoms with Crippen LogP contribution in [0.15, 0.2) is 27.8 Å².